The molecule has 0 fully saturated rings. The van der Waals surface area contributed by atoms with E-state index >= 15 is 0 Å². The second-order valence-corrected chi connectivity index (χ2v) is 15.4. The van der Waals surface area contributed by atoms with Crippen LogP contribution in [0.5, 0.6) is 0 Å². The van der Waals surface area contributed by atoms with Crippen molar-refractivity contribution in [1.82, 2.24) is 0 Å². The van der Waals surface area contributed by atoms with Crippen molar-refractivity contribution >= 4 is 27.9 Å². The predicted octanol–water partition coefficient (Wildman–Crippen LogP) is 0.906. The zero-order chi connectivity index (χ0) is 9.90. The molecule has 1 aromatic carbocycles. The van der Waals surface area contributed by atoms with Crippen LogP contribution >= 0.6 is 0 Å². The Balaban J connectivity index is 2.98. The van der Waals surface area contributed by atoms with Crippen molar-refractivity contribution in [3.05, 3.63) is 29.8 Å². The van der Waals surface area contributed by atoms with Crippen LogP contribution in [0.3, 0.4) is 0 Å². The van der Waals surface area contributed by atoms with E-state index in [-0.39, 0.29) is 0 Å². The summed E-state index contributed by atoms with van der Waals surface area (Å²) >= 11 is -1.60. The summed E-state index contributed by atoms with van der Waals surface area (Å²) < 4.78 is 1.55. The van der Waals surface area contributed by atoms with Crippen LogP contribution in [0, 0.1) is 11.5 Å². The third-order valence-electron chi connectivity index (χ3n) is 2.02. The summed E-state index contributed by atoms with van der Waals surface area (Å²) in [5.74, 6) is 10.3. The van der Waals surface area contributed by atoms with Crippen molar-refractivity contribution in [3.8, 4) is 11.5 Å². The quantitative estimate of drug-likeness (QED) is 0.512. The molecule has 0 spiro atoms. The molecule has 1 aromatic rings. The van der Waals surface area contributed by atoms with E-state index in [1.807, 2.05) is 0 Å². The molecule has 2 heteroatoms. The first kappa shape index (κ1) is 10.6. The second kappa shape index (κ2) is 4.17. The van der Waals surface area contributed by atoms with Gasteiger partial charge in [0.15, 0.2) is 0 Å². The molecular weight excluding hydrogens is 233 g/mol. The van der Waals surface area contributed by atoms with Crippen LogP contribution in [-0.2, 0) is 0 Å². The average molecular weight is 249 g/mol. The molecule has 0 amide bonds. The van der Waals surface area contributed by atoms with Gasteiger partial charge in [0.1, 0.15) is 0 Å². The molecule has 13 heavy (non-hydrogen) atoms. The van der Waals surface area contributed by atoms with Crippen molar-refractivity contribution in [1.29, 1.82) is 0 Å². The molecule has 68 valence electrons. The molecule has 0 atom stereocenters. The molecule has 0 aliphatic carbocycles. The molecule has 0 radical (unpaired) electrons. The minimum atomic E-state index is -1.60. The molecule has 0 saturated heterocycles. The van der Waals surface area contributed by atoms with E-state index in [1.54, 1.807) is 4.40 Å². The van der Waals surface area contributed by atoms with E-state index in [0.29, 0.717) is 0 Å². The standard InChI is InChI=1S/C11H16GeSi/c1-12(2,3)11-6-4-10(5-7-11)8-9-13/h4-7H,1-3,13H3. The van der Waals surface area contributed by atoms with Gasteiger partial charge in [0, 0.05) is 0 Å². The fourth-order valence-corrected chi connectivity index (χ4v) is 3.93. The molecule has 1 rings (SSSR count). The van der Waals surface area contributed by atoms with E-state index < -0.39 is 13.3 Å². The van der Waals surface area contributed by atoms with Crippen molar-refractivity contribution in [3.63, 3.8) is 0 Å². The molecular formula is C11H16GeSi. The van der Waals surface area contributed by atoms with E-state index in [4.69, 9.17) is 0 Å². The van der Waals surface area contributed by atoms with Gasteiger partial charge < -0.3 is 0 Å². The van der Waals surface area contributed by atoms with Crippen LogP contribution in [0.1, 0.15) is 5.56 Å². The normalized spacial score (nSPS) is 10.7. The maximum atomic E-state index is 3.12. The summed E-state index contributed by atoms with van der Waals surface area (Å²) in [6.07, 6.45) is 0. The van der Waals surface area contributed by atoms with Crippen LogP contribution in [-0.4, -0.2) is 23.5 Å². The van der Waals surface area contributed by atoms with Crippen molar-refractivity contribution in [2.75, 3.05) is 0 Å². The first-order valence-electron chi connectivity index (χ1n) is 4.57. The summed E-state index contributed by atoms with van der Waals surface area (Å²) in [5, 5.41) is 0. The zero-order valence-corrected chi connectivity index (χ0v) is 12.9. The SMILES string of the molecule is [CH3][Ge]([CH3])([CH3])[c]1ccc(C#C[SiH3])cc1. The predicted molar refractivity (Wildman–Crippen MR) is 66.2 cm³/mol. The van der Waals surface area contributed by atoms with Gasteiger partial charge in [-0.3, -0.25) is 0 Å². The monoisotopic (exact) mass is 250 g/mol. The third-order valence-corrected chi connectivity index (χ3v) is 6.60. The maximum absolute atomic E-state index is 3.12. The van der Waals surface area contributed by atoms with Gasteiger partial charge in [0.25, 0.3) is 0 Å². The summed E-state index contributed by atoms with van der Waals surface area (Å²) in [6, 6.07) is 8.80. The Labute approximate surface area is 86.5 Å². The van der Waals surface area contributed by atoms with Gasteiger partial charge in [-0.25, -0.2) is 0 Å². The summed E-state index contributed by atoms with van der Waals surface area (Å²) in [5.41, 5.74) is 4.20. The molecule has 0 saturated carbocycles. The molecule has 0 N–H and O–H groups in total. The van der Waals surface area contributed by atoms with Gasteiger partial charge in [0.05, 0.1) is 0 Å². The van der Waals surface area contributed by atoms with Crippen molar-refractivity contribution < 1.29 is 0 Å². The Hall–Kier alpha value is -0.460. The van der Waals surface area contributed by atoms with Gasteiger partial charge in [-0.1, -0.05) is 0 Å². The number of hydrogen-bond acceptors (Lipinski definition) is 0. The molecule has 0 nitrogen and oxygen atoms in total. The first-order valence-corrected chi connectivity index (χ1v) is 12.9. The van der Waals surface area contributed by atoms with Crippen molar-refractivity contribution in [2.24, 2.45) is 0 Å². The molecule has 0 aliphatic rings. The second-order valence-electron chi connectivity index (χ2n) is 4.20. The number of rotatable bonds is 1. The fourth-order valence-electron chi connectivity index (χ4n) is 1.20. The summed E-state index contributed by atoms with van der Waals surface area (Å²) in [4.78, 5) is 0. The van der Waals surface area contributed by atoms with Crippen LogP contribution < -0.4 is 4.40 Å². The Morgan fingerprint density at radius 2 is 1.62 bits per heavy atom. The van der Waals surface area contributed by atoms with E-state index in [9.17, 15) is 0 Å². The molecule has 0 bridgehead atoms. The molecule has 0 heterocycles. The topological polar surface area (TPSA) is 0 Å². The van der Waals surface area contributed by atoms with E-state index in [2.05, 4.69) is 53.0 Å². The van der Waals surface area contributed by atoms with E-state index in [1.165, 1.54) is 0 Å². The number of benzene rings is 1. The summed E-state index contributed by atoms with van der Waals surface area (Å²) in [7, 11) is 0.964. The van der Waals surface area contributed by atoms with Crippen LogP contribution in [0.4, 0.5) is 0 Å². The fraction of sp³-hybridized carbons (Fsp3) is 0.273. The molecule has 0 aliphatic heterocycles. The average Bonchev–Trinajstić information content (AvgIpc) is 2.04. The van der Waals surface area contributed by atoms with Crippen LogP contribution in [0.15, 0.2) is 24.3 Å². The van der Waals surface area contributed by atoms with E-state index in [0.717, 1.165) is 15.8 Å². The minimum absolute atomic E-state index is 0.964. The first-order chi connectivity index (χ1) is 6.04. The van der Waals surface area contributed by atoms with Gasteiger partial charge >= 0.3 is 86.5 Å². The zero-order valence-electron chi connectivity index (χ0n) is 8.81. The Kier molecular flexibility index (Phi) is 3.40. The third kappa shape index (κ3) is 3.06. The van der Waals surface area contributed by atoms with Gasteiger partial charge in [0.2, 0.25) is 0 Å². The summed E-state index contributed by atoms with van der Waals surface area (Å²) in [6.45, 7) is 0. The van der Waals surface area contributed by atoms with Gasteiger partial charge in [-0.15, -0.1) is 0 Å². The Bertz CT molecular complexity index is 335. The van der Waals surface area contributed by atoms with Gasteiger partial charge in [-0.2, -0.15) is 0 Å². The van der Waals surface area contributed by atoms with Crippen molar-refractivity contribution in [2.45, 2.75) is 17.3 Å². The molecule has 0 unspecified atom stereocenters. The Morgan fingerprint density at radius 3 is 2.00 bits per heavy atom. The van der Waals surface area contributed by atoms with Crippen LogP contribution in [0.25, 0.3) is 0 Å². The molecule has 0 aromatic heterocycles. The van der Waals surface area contributed by atoms with Gasteiger partial charge in [-0.05, 0) is 0 Å². The van der Waals surface area contributed by atoms with Crippen LogP contribution in [0.2, 0.25) is 17.3 Å². The number of hydrogen-bond donors (Lipinski definition) is 0. The Morgan fingerprint density at radius 1 is 1.08 bits per heavy atom.